The fourth-order valence-electron chi connectivity index (χ4n) is 2.73. The summed E-state index contributed by atoms with van der Waals surface area (Å²) >= 11 is 5.92. The molecular weight excluding hydrogens is 346 g/mol. The summed E-state index contributed by atoms with van der Waals surface area (Å²) in [4.78, 5) is 14.3. The van der Waals surface area contributed by atoms with Gasteiger partial charge in [-0.2, -0.15) is 0 Å². The fraction of sp³-hybridized carbons (Fsp3) is 0.381. The standard InChI is InChI=1S/C21H28ClN3O/c1-2-25(17-14-18-10-12-19(22)13-11-18)16-7-6-15-23-21(26)24-20-8-4-3-5-9-20/h3-5,8-13H,2,6-7,14-17H2,1H3,(H2,23,24,26). The molecule has 0 atom stereocenters. The highest BCUT2D eigenvalue weighted by Gasteiger charge is 2.04. The van der Waals surface area contributed by atoms with Crippen LogP contribution in [0.2, 0.25) is 5.02 Å². The number of halogens is 1. The number of amides is 2. The average Bonchev–Trinajstić information content (AvgIpc) is 2.66. The van der Waals surface area contributed by atoms with E-state index < -0.39 is 0 Å². The molecule has 0 bridgehead atoms. The molecule has 0 aromatic heterocycles. The lowest BCUT2D eigenvalue weighted by Crippen LogP contribution is -2.31. The van der Waals surface area contributed by atoms with Crippen molar-refractivity contribution in [1.29, 1.82) is 0 Å². The van der Waals surface area contributed by atoms with E-state index in [4.69, 9.17) is 11.6 Å². The van der Waals surface area contributed by atoms with Crippen molar-refractivity contribution in [2.75, 3.05) is 31.5 Å². The zero-order chi connectivity index (χ0) is 18.6. The van der Waals surface area contributed by atoms with Gasteiger partial charge in [0.25, 0.3) is 0 Å². The molecule has 2 aromatic rings. The van der Waals surface area contributed by atoms with E-state index in [0.717, 1.165) is 49.6 Å². The Hall–Kier alpha value is -2.04. The van der Waals surface area contributed by atoms with Crippen molar-refractivity contribution < 1.29 is 4.79 Å². The number of carbonyl (C=O) groups is 1. The first kappa shape index (κ1) is 20.3. The molecule has 0 unspecified atom stereocenters. The normalized spacial score (nSPS) is 10.7. The Kier molecular flexibility index (Phi) is 9.01. The zero-order valence-corrected chi connectivity index (χ0v) is 16.1. The van der Waals surface area contributed by atoms with E-state index in [0.29, 0.717) is 6.54 Å². The van der Waals surface area contributed by atoms with Crippen LogP contribution >= 0.6 is 11.6 Å². The van der Waals surface area contributed by atoms with Gasteiger partial charge in [-0.3, -0.25) is 0 Å². The van der Waals surface area contributed by atoms with E-state index in [2.05, 4.69) is 34.6 Å². The Morgan fingerprint density at radius 2 is 1.73 bits per heavy atom. The molecule has 2 rings (SSSR count). The van der Waals surface area contributed by atoms with Gasteiger partial charge in [0.15, 0.2) is 0 Å². The number of nitrogens with one attached hydrogen (secondary N) is 2. The van der Waals surface area contributed by atoms with Crippen molar-refractivity contribution in [3.05, 3.63) is 65.2 Å². The Morgan fingerprint density at radius 1 is 1.00 bits per heavy atom. The third-order valence-corrected chi connectivity index (χ3v) is 4.55. The summed E-state index contributed by atoms with van der Waals surface area (Å²) in [5.74, 6) is 0. The number of unbranched alkanes of at least 4 members (excludes halogenated alkanes) is 1. The van der Waals surface area contributed by atoms with Gasteiger partial charge >= 0.3 is 6.03 Å². The summed E-state index contributed by atoms with van der Waals surface area (Å²) < 4.78 is 0. The van der Waals surface area contributed by atoms with Gasteiger partial charge in [-0.25, -0.2) is 4.79 Å². The molecule has 0 saturated heterocycles. The largest absolute Gasteiger partial charge is 0.338 e. The van der Waals surface area contributed by atoms with E-state index in [1.165, 1.54) is 5.56 Å². The van der Waals surface area contributed by atoms with Gasteiger partial charge in [0, 0.05) is 23.8 Å². The average molecular weight is 374 g/mol. The SMILES string of the molecule is CCN(CCCCNC(=O)Nc1ccccc1)CCc1ccc(Cl)cc1. The summed E-state index contributed by atoms with van der Waals surface area (Å²) in [6.45, 7) is 6.00. The molecule has 0 saturated carbocycles. The Bertz CT molecular complexity index is 646. The smallest absolute Gasteiger partial charge is 0.319 e. The summed E-state index contributed by atoms with van der Waals surface area (Å²) in [5.41, 5.74) is 2.12. The van der Waals surface area contributed by atoms with Crippen LogP contribution in [0.25, 0.3) is 0 Å². The molecule has 4 nitrogen and oxygen atoms in total. The molecular formula is C21H28ClN3O. The van der Waals surface area contributed by atoms with Crippen molar-refractivity contribution in [3.63, 3.8) is 0 Å². The van der Waals surface area contributed by atoms with Crippen molar-refractivity contribution in [2.45, 2.75) is 26.2 Å². The highest BCUT2D eigenvalue weighted by molar-refractivity contribution is 6.30. The van der Waals surface area contributed by atoms with Crippen molar-refractivity contribution in [2.24, 2.45) is 0 Å². The third-order valence-electron chi connectivity index (χ3n) is 4.30. The molecule has 0 aliphatic rings. The monoisotopic (exact) mass is 373 g/mol. The van der Waals surface area contributed by atoms with Crippen molar-refractivity contribution >= 4 is 23.3 Å². The lowest BCUT2D eigenvalue weighted by molar-refractivity contribution is 0.251. The number of para-hydroxylation sites is 1. The van der Waals surface area contributed by atoms with Crippen LogP contribution in [0.4, 0.5) is 10.5 Å². The van der Waals surface area contributed by atoms with E-state index in [9.17, 15) is 4.79 Å². The van der Waals surface area contributed by atoms with Crippen LogP contribution in [0.5, 0.6) is 0 Å². The number of anilines is 1. The number of benzene rings is 2. The minimum atomic E-state index is -0.147. The van der Waals surface area contributed by atoms with E-state index in [1.54, 1.807) is 0 Å². The molecule has 0 heterocycles. The predicted molar refractivity (Wildman–Crippen MR) is 110 cm³/mol. The van der Waals surface area contributed by atoms with Crippen LogP contribution < -0.4 is 10.6 Å². The first-order valence-corrected chi connectivity index (χ1v) is 9.62. The first-order chi connectivity index (χ1) is 12.7. The van der Waals surface area contributed by atoms with Crippen molar-refractivity contribution in [3.8, 4) is 0 Å². The number of carbonyl (C=O) groups excluding carboxylic acids is 1. The predicted octanol–water partition coefficient (Wildman–Crippen LogP) is 4.81. The maximum absolute atomic E-state index is 11.8. The number of nitrogens with zero attached hydrogens (tertiary/aromatic N) is 1. The number of rotatable bonds is 10. The third kappa shape index (κ3) is 7.89. The molecule has 2 N–H and O–H groups in total. The zero-order valence-electron chi connectivity index (χ0n) is 15.4. The topological polar surface area (TPSA) is 44.4 Å². The van der Waals surface area contributed by atoms with E-state index in [1.807, 2.05) is 42.5 Å². The lowest BCUT2D eigenvalue weighted by Gasteiger charge is -2.20. The van der Waals surface area contributed by atoms with Crippen LogP contribution in [0, 0.1) is 0 Å². The van der Waals surface area contributed by atoms with Gasteiger partial charge in [0.05, 0.1) is 0 Å². The van der Waals surface area contributed by atoms with Gasteiger partial charge in [-0.1, -0.05) is 48.9 Å². The van der Waals surface area contributed by atoms with Crippen LogP contribution in [-0.4, -0.2) is 37.1 Å². The lowest BCUT2D eigenvalue weighted by atomic mass is 10.1. The minimum Gasteiger partial charge on any atom is -0.338 e. The summed E-state index contributed by atoms with van der Waals surface area (Å²) in [7, 11) is 0. The van der Waals surface area contributed by atoms with Gasteiger partial charge in [-0.05, 0) is 62.2 Å². The molecule has 26 heavy (non-hydrogen) atoms. The summed E-state index contributed by atoms with van der Waals surface area (Å²) in [6, 6.07) is 17.4. The molecule has 2 aromatic carbocycles. The van der Waals surface area contributed by atoms with Gasteiger partial charge in [0.2, 0.25) is 0 Å². The molecule has 0 radical (unpaired) electrons. The number of hydrogen-bond donors (Lipinski definition) is 2. The highest BCUT2D eigenvalue weighted by atomic mass is 35.5. The van der Waals surface area contributed by atoms with Crippen molar-refractivity contribution in [1.82, 2.24) is 10.2 Å². The molecule has 0 aliphatic carbocycles. The van der Waals surface area contributed by atoms with Crippen LogP contribution in [0.1, 0.15) is 25.3 Å². The Morgan fingerprint density at radius 3 is 2.42 bits per heavy atom. The second kappa shape index (κ2) is 11.6. The van der Waals surface area contributed by atoms with E-state index >= 15 is 0 Å². The van der Waals surface area contributed by atoms with Gasteiger partial charge in [0.1, 0.15) is 0 Å². The number of urea groups is 1. The second-order valence-electron chi connectivity index (χ2n) is 6.26. The molecule has 0 aliphatic heterocycles. The van der Waals surface area contributed by atoms with Gasteiger partial charge in [-0.15, -0.1) is 0 Å². The van der Waals surface area contributed by atoms with Crippen LogP contribution in [0.3, 0.4) is 0 Å². The minimum absolute atomic E-state index is 0.147. The molecule has 5 heteroatoms. The van der Waals surface area contributed by atoms with Gasteiger partial charge < -0.3 is 15.5 Å². The highest BCUT2D eigenvalue weighted by Crippen LogP contribution is 2.10. The molecule has 0 fully saturated rings. The maximum Gasteiger partial charge on any atom is 0.319 e. The molecule has 140 valence electrons. The Labute approximate surface area is 161 Å². The quantitative estimate of drug-likeness (QED) is 0.587. The fourth-order valence-corrected chi connectivity index (χ4v) is 2.85. The summed E-state index contributed by atoms with van der Waals surface area (Å²) in [6.07, 6.45) is 3.07. The molecule has 0 spiro atoms. The van der Waals surface area contributed by atoms with E-state index in [-0.39, 0.29) is 6.03 Å². The van der Waals surface area contributed by atoms with Crippen LogP contribution in [-0.2, 0) is 6.42 Å². The number of hydrogen-bond acceptors (Lipinski definition) is 2. The first-order valence-electron chi connectivity index (χ1n) is 9.24. The maximum atomic E-state index is 11.8. The van der Waals surface area contributed by atoms with Crippen LogP contribution in [0.15, 0.2) is 54.6 Å². The Balaban J connectivity index is 1.57. The number of likely N-dealkylation sites (N-methyl/N-ethyl adjacent to an activating group) is 1. The second-order valence-corrected chi connectivity index (χ2v) is 6.70. The molecule has 2 amide bonds. The summed E-state index contributed by atoms with van der Waals surface area (Å²) in [5, 5.41) is 6.51.